The van der Waals surface area contributed by atoms with Crippen LogP contribution in [-0.2, 0) is 15.1 Å². The number of hydrogen-bond acceptors (Lipinski definition) is 4. The molecule has 0 bridgehead atoms. The predicted octanol–water partition coefficient (Wildman–Crippen LogP) is 1.24. The van der Waals surface area contributed by atoms with E-state index in [0.717, 1.165) is 17.7 Å². The lowest BCUT2D eigenvalue weighted by Crippen LogP contribution is -2.45. The Morgan fingerprint density at radius 2 is 2.20 bits per heavy atom. The molecule has 2 aliphatic rings. The van der Waals surface area contributed by atoms with E-state index in [-0.39, 0.29) is 18.5 Å². The van der Waals surface area contributed by atoms with Crippen molar-refractivity contribution in [3.63, 3.8) is 0 Å². The van der Waals surface area contributed by atoms with Gasteiger partial charge in [-0.15, -0.1) is 0 Å². The molecule has 4 amide bonds. The van der Waals surface area contributed by atoms with Crippen molar-refractivity contribution >= 4 is 17.8 Å². The van der Waals surface area contributed by atoms with Gasteiger partial charge in [-0.3, -0.25) is 14.5 Å². The summed E-state index contributed by atoms with van der Waals surface area (Å²) in [5.74, 6) is -0.356. The zero-order chi connectivity index (χ0) is 18.2. The summed E-state index contributed by atoms with van der Waals surface area (Å²) in [7, 11) is 0. The van der Waals surface area contributed by atoms with Gasteiger partial charge in [0.15, 0.2) is 0 Å². The average Bonchev–Trinajstić information content (AvgIpc) is 3.41. The highest BCUT2D eigenvalue weighted by molar-refractivity contribution is 6.09. The molecule has 0 spiro atoms. The first-order valence-electron chi connectivity index (χ1n) is 8.29. The van der Waals surface area contributed by atoms with Gasteiger partial charge in [0.1, 0.15) is 12.1 Å². The van der Waals surface area contributed by atoms with Crippen LogP contribution < -0.4 is 10.6 Å². The topological polar surface area (TPSA) is 102 Å². The number of amides is 4. The molecule has 0 unspecified atom stereocenters. The summed E-state index contributed by atoms with van der Waals surface area (Å²) in [5, 5.41) is 14.5. The zero-order valence-corrected chi connectivity index (χ0v) is 14.2. The van der Waals surface area contributed by atoms with Gasteiger partial charge in [-0.2, -0.15) is 5.26 Å². The van der Waals surface area contributed by atoms with Crippen molar-refractivity contribution < 1.29 is 14.4 Å². The van der Waals surface area contributed by atoms with Crippen LogP contribution in [0, 0.1) is 17.2 Å². The van der Waals surface area contributed by atoms with E-state index >= 15 is 0 Å². The summed E-state index contributed by atoms with van der Waals surface area (Å²) in [6.07, 6.45) is 2.19. The molecule has 1 heterocycles. The third-order valence-electron chi connectivity index (χ3n) is 4.86. The molecule has 3 rings (SSSR count). The summed E-state index contributed by atoms with van der Waals surface area (Å²) in [6, 6.07) is 7.98. The third-order valence-corrected chi connectivity index (χ3v) is 4.86. The molecule has 1 aromatic carbocycles. The van der Waals surface area contributed by atoms with Crippen molar-refractivity contribution in [2.45, 2.75) is 38.3 Å². The summed E-state index contributed by atoms with van der Waals surface area (Å²) in [6.45, 7) is 3.20. The van der Waals surface area contributed by atoms with E-state index in [2.05, 4.69) is 10.6 Å². The minimum atomic E-state index is -1.29. The molecule has 0 radical (unpaired) electrons. The van der Waals surface area contributed by atoms with Crippen LogP contribution in [0.3, 0.4) is 0 Å². The second-order valence-electron chi connectivity index (χ2n) is 6.83. The monoisotopic (exact) mass is 340 g/mol. The van der Waals surface area contributed by atoms with Gasteiger partial charge in [-0.05, 0) is 50.3 Å². The number of carbonyl (C=O) groups excluding carboxylic acids is 3. The Bertz CT molecular complexity index is 781. The molecule has 1 aromatic rings. The van der Waals surface area contributed by atoms with Gasteiger partial charge in [0.05, 0.1) is 11.6 Å². The smallest absolute Gasteiger partial charge is 0.325 e. The van der Waals surface area contributed by atoms with Gasteiger partial charge in [0, 0.05) is 6.04 Å². The molecule has 7 nitrogen and oxygen atoms in total. The Morgan fingerprint density at radius 3 is 2.84 bits per heavy atom. The SMILES string of the molecule is C[C@@H](NC(=O)CN1C(=O)N[C@](C)(c2cccc(C#N)c2)C1=O)C1CC1. The first kappa shape index (κ1) is 17.0. The van der Waals surface area contributed by atoms with Crippen LogP contribution in [0.4, 0.5) is 4.79 Å². The highest BCUT2D eigenvalue weighted by atomic mass is 16.2. The van der Waals surface area contributed by atoms with Crippen LogP contribution in [0.5, 0.6) is 0 Å². The first-order chi connectivity index (χ1) is 11.8. The molecule has 1 aliphatic heterocycles. The molecule has 130 valence electrons. The summed E-state index contributed by atoms with van der Waals surface area (Å²) in [4.78, 5) is 38.1. The number of rotatable bonds is 5. The molecular weight excluding hydrogens is 320 g/mol. The zero-order valence-electron chi connectivity index (χ0n) is 14.2. The minimum Gasteiger partial charge on any atom is -0.352 e. The third kappa shape index (κ3) is 3.20. The van der Waals surface area contributed by atoms with Crippen molar-refractivity contribution in [2.75, 3.05) is 6.54 Å². The fraction of sp³-hybridized carbons (Fsp3) is 0.444. The molecule has 2 N–H and O–H groups in total. The first-order valence-corrected chi connectivity index (χ1v) is 8.29. The van der Waals surface area contributed by atoms with E-state index in [0.29, 0.717) is 17.0 Å². The van der Waals surface area contributed by atoms with E-state index in [1.807, 2.05) is 13.0 Å². The molecule has 1 saturated heterocycles. The van der Waals surface area contributed by atoms with Crippen molar-refractivity contribution in [1.29, 1.82) is 5.26 Å². The summed E-state index contributed by atoms with van der Waals surface area (Å²) < 4.78 is 0. The highest BCUT2D eigenvalue weighted by Gasteiger charge is 2.49. The highest BCUT2D eigenvalue weighted by Crippen LogP contribution is 2.32. The van der Waals surface area contributed by atoms with Crippen LogP contribution in [0.25, 0.3) is 0 Å². The minimum absolute atomic E-state index is 0.0481. The molecular formula is C18H20N4O3. The summed E-state index contributed by atoms with van der Waals surface area (Å²) >= 11 is 0. The van der Waals surface area contributed by atoms with Crippen LogP contribution >= 0.6 is 0 Å². The number of nitrogens with zero attached hydrogens (tertiary/aromatic N) is 2. The number of urea groups is 1. The van der Waals surface area contributed by atoms with Gasteiger partial charge < -0.3 is 10.6 Å². The lowest BCUT2D eigenvalue weighted by molar-refractivity contribution is -0.135. The van der Waals surface area contributed by atoms with Crippen molar-refractivity contribution in [2.24, 2.45) is 5.92 Å². The second-order valence-corrected chi connectivity index (χ2v) is 6.83. The van der Waals surface area contributed by atoms with Gasteiger partial charge in [-0.1, -0.05) is 12.1 Å². The lowest BCUT2D eigenvalue weighted by Gasteiger charge is -2.22. The number of nitriles is 1. The Hall–Kier alpha value is -2.88. The molecule has 25 heavy (non-hydrogen) atoms. The maximum absolute atomic E-state index is 12.8. The Kier molecular flexibility index (Phi) is 4.21. The van der Waals surface area contributed by atoms with Crippen molar-refractivity contribution in [1.82, 2.24) is 15.5 Å². The largest absolute Gasteiger partial charge is 0.352 e. The van der Waals surface area contributed by atoms with E-state index in [1.165, 1.54) is 0 Å². The van der Waals surface area contributed by atoms with E-state index in [9.17, 15) is 14.4 Å². The predicted molar refractivity (Wildman–Crippen MR) is 89.1 cm³/mol. The standard InChI is InChI=1S/C18H20N4O3/c1-11(13-6-7-13)20-15(23)10-22-16(24)18(2,21-17(22)25)14-5-3-4-12(8-14)9-19/h3-5,8,11,13H,6-7,10H2,1-2H3,(H,20,23)(H,21,25)/t11-,18-/m1/s1. The van der Waals surface area contributed by atoms with E-state index in [1.54, 1.807) is 31.2 Å². The number of carbonyl (C=O) groups is 3. The molecule has 7 heteroatoms. The quantitative estimate of drug-likeness (QED) is 0.787. The fourth-order valence-electron chi connectivity index (χ4n) is 3.09. The number of benzene rings is 1. The fourth-order valence-corrected chi connectivity index (χ4v) is 3.09. The lowest BCUT2D eigenvalue weighted by atomic mass is 9.91. The normalized spacial score (nSPS) is 23.8. The Morgan fingerprint density at radius 1 is 1.48 bits per heavy atom. The van der Waals surface area contributed by atoms with Gasteiger partial charge in [0.2, 0.25) is 5.91 Å². The number of hydrogen-bond donors (Lipinski definition) is 2. The molecule has 2 atom stereocenters. The molecule has 1 aliphatic carbocycles. The van der Waals surface area contributed by atoms with E-state index in [4.69, 9.17) is 5.26 Å². The van der Waals surface area contributed by atoms with Crippen molar-refractivity contribution in [3.8, 4) is 6.07 Å². The molecule has 0 aromatic heterocycles. The summed E-state index contributed by atoms with van der Waals surface area (Å²) in [5.41, 5.74) is -0.374. The molecule has 1 saturated carbocycles. The second kappa shape index (κ2) is 6.20. The van der Waals surface area contributed by atoms with Gasteiger partial charge in [0.25, 0.3) is 5.91 Å². The van der Waals surface area contributed by atoms with Crippen LogP contribution in [0.2, 0.25) is 0 Å². The van der Waals surface area contributed by atoms with Crippen molar-refractivity contribution in [3.05, 3.63) is 35.4 Å². The van der Waals surface area contributed by atoms with Gasteiger partial charge in [-0.25, -0.2) is 4.79 Å². The van der Waals surface area contributed by atoms with Crippen LogP contribution in [-0.4, -0.2) is 35.3 Å². The van der Waals surface area contributed by atoms with Crippen LogP contribution in [0.15, 0.2) is 24.3 Å². The maximum atomic E-state index is 12.8. The maximum Gasteiger partial charge on any atom is 0.325 e. The van der Waals surface area contributed by atoms with Crippen LogP contribution in [0.1, 0.15) is 37.8 Å². The van der Waals surface area contributed by atoms with Gasteiger partial charge >= 0.3 is 6.03 Å². The Balaban J connectivity index is 1.74. The molecule has 2 fully saturated rings. The number of imide groups is 1. The number of nitrogens with one attached hydrogen (secondary N) is 2. The Labute approximate surface area is 146 Å². The van der Waals surface area contributed by atoms with E-state index < -0.39 is 17.5 Å². The average molecular weight is 340 g/mol.